The topological polar surface area (TPSA) is 79.7 Å². The summed E-state index contributed by atoms with van der Waals surface area (Å²) in [6.07, 6.45) is 2.58. The van der Waals surface area contributed by atoms with Crippen molar-refractivity contribution < 1.29 is 19.4 Å². The summed E-state index contributed by atoms with van der Waals surface area (Å²) >= 11 is 0. The van der Waals surface area contributed by atoms with Crippen LogP contribution < -0.4 is 0 Å². The van der Waals surface area contributed by atoms with E-state index in [1.165, 1.54) is 11.9 Å². The van der Waals surface area contributed by atoms with E-state index >= 15 is 0 Å². The van der Waals surface area contributed by atoms with Crippen molar-refractivity contribution in [2.75, 3.05) is 13.6 Å². The van der Waals surface area contributed by atoms with Crippen LogP contribution in [0.15, 0.2) is 24.5 Å². The van der Waals surface area contributed by atoms with Crippen LogP contribution in [0, 0.1) is 0 Å². The van der Waals surface area contributed by atoms with Crippen LogP contribution in [0.5, 0.6) is 0 Å². The first-order valence-electron chi connectivity index (χ1n) is 5.08. The Bertz CT molecular complexity index is 380. The van der Waals surface area contributed by atoms with Gasteiger partial charge in [-0.25, -0.2) is 4.79 Å². The Kier molecular flexibility index (Phi) is 4.93. The second-order valence-corrected chi connectivity index (χ2v) is 3.48. The number of pyridine rings is 1. The van der Waals surface area contributed by atoms with Crippen LogP contribution in [-0.4, -0.2) is 40.6 Å². The molecule has 1 aromatic rings. The highest BCUT2D eigenvalue weighted by Gasteiger charge is 2.11. The minimum absolute atomic E-state index is 0.0964. The van der Waals surface area contributed by atoms with Gasteiger partial charge in [-0.1, -0.05) is 0 Å². The third kappa shape index (κ3) is 4.96. The number of aromatic nitrogens is 1. The molecule has 0 saturated heterocycles. The van der Waals surface area contributed by atoms with E-state index in [4.69, 9.17) is 9.84 Å². The summed E-state index contributed by atoms with van der Waals surface area (Å²) in [5, 5.41) is 8.47. The predicted molar refractivity (Wildman–Crippen MR) is 59.3 cm³/mol. The molecule has 1 rings (SSSR count). The molecule has 92 valence electrons. The van der Waals surface area contributed by atoms with Crippen LogP contribution in [0.4, 0.5) is 4.79 Å². The zero-order chi connectivity index (χ0) is 12.7. The number of ether oxygens (including phenoxy) is 1. The van der Waals surface area contributed by atoms with Gasteiger partial charge in [-0.05, 0) is 17.7 Å². The molecular formula is C11H14N2O4. The highest BCUT2D eigenvalue weighted by atomic mass is 16.6. The highest BCUT2D eigenvalue weighted by molar-refractivity contribution is 5.70. The molecule has 1 amide bonds. The summed E-state index contributed by atoms with van der Waals surface area (Å²) < 4.78 is 4.99. The van der Waals surface area contributed by atoms with Gasteiger partial charge in [0, 0.05) is 26.0 Å². The number of hydrogen-bond acceptors (Lipinski definition) is 4. The van der Waals surface area contributed by atoms with Crippen molar-refractivity contribution >= 4 is 12.1 Å². The quantitative estimate of drug-likeness (QED) is 0.831. The van der Waals surface area contributed by atoms with Gasteiger partial charge in [0.25, 0.3) is 0 Å². The van der Waals surface area contributed by atoms with Crippen molar-refractivity contribution in [1.29, 1.82) is 0 Å². The summed E-state index contributed by atoms with van der Waals surface area (Å²) in [6.45, 7) is 0.281. The maximum absolute atomic E-state index is 11.4. The third-order valence-corrected chi connectivity index (χ3v) is 2.08. The summed E-state index contributed by atoms with van der Waals surface area (Å²) in [6, 6.07) is 3.48. The molecule has 0 radical (unpaired) electrons. The largest absolute Gasteiger partial charge is 0.481 e. The van der Waals surface area contributed by atoms with Crippen molar-refractivity contribution in [2.24, 2.45) is 0 Å². The molecule has 0 spiro atoms. The Hall–Kier alpha value is -2.11. The smallest absolute Gasteiger partial charge is 0.409 e. The second-order valence-electron chi connectivity index (χ2n) is 3.48. The molecule has 0 bridgehead atoms. The van der Waals surface area contributed by atoms with E-state index in [1.54, 1.807) is 24.5 Å². The molecule has 0 aliphatic heterocycles. The Morgan fingerprint density at radius 3 is 2.65 bits per heavy atom. The van der Waals surface area contributed by atoms with Gasteiger partial charge in [0.2, 0.25) is 0 Å². The Balaban J connectivity index is 2.32. The molecule has 0 aromatic carbocycles. The fourth-order valence-corrected chi connectivity index (χ4v) is 1.09. The molecule has 17 heavy (non-hydrogen) atoms. The van der Waals surface area contributed by atoms with Crippen molar-refractivity contribution in [3.05, 3.63) is 30.1 Å². The zero-order valence-corrected chi connectivity index (χ0v) is 9.50. The Morgan fingerprint density at radius 2 is 2.06 bits per heavy atom. The summed E-state index contributed by atoms with van der Waals surface area (Å²) in [7, 11) is 1.50. The molecular weight excluding hydrogens is 224 g/mol. The molecule has 0 fully saturated rings. The van der Waals surface area contributed by atoms with Crippen LogP contribution in [0.25, 0.3) is 0 Å². The molecule has 1 N–H and O–H groups in total. The van der Waals surface area contributed by atoms with E-state index in [0.717, 1.165) is 5.56 Å². The number of carbonyl (C=O) groups is 2. The van der Waals surface area contributed by atoms with Gasteiger partial charge < -0.3 is 14.7 Å². The normalized spacial score (nSPS) is 9.71. The molecule has 0 unspecified atom stereocenters. The third-order valence-electron chi connectivity index (χ3n) is 2.08. The first-order chi connectivity index (χ1) is 8.09. The van der Waals surface area contributed by atoms with E-state index in [-0.39, 0.29) is 19.6 Å². The van der Waals surface area contributed by atoms with Crippen molar-refractivity contribution in [3.63, 3.8) is 0 Å². The molecule has 1 heterocycles. The average molecular weight is 238 g/mol. The van der Waals surface area contributed by atoms with Gasteiger partial charge in [0.05, 0.1) is 6.42 Å². The highest BCUT2D eigenvalue weighted by Crippen LogP contribution is 2.01. The Morgan fingerprint density at radius 1 is 1.41 bits per heavy atom. The lowest BCUT2D eigenvalue weighted by atomic mass is 10.3. The first-order valence-corrected chi connectivity index (χ1v) is 5.08. The van der Waals surface area contributed by atoms with E-state index < -0.39 is 12.1 Å². The summed E-state index contributed by atoms with van der Waals surface area (Å²) in [4.78, 5) is 26.8. The minimum Gasteiger partial charge on any atom is -0.481 e. The van der Waals surface area contributed by atoms with E-state index in [1.807, 2.05) is 0 Å². The molecule has 0 atom stereocenters. The Labute approximate surface area is 98.8 Å². The van der Waals surface area contributed by atoms with Gasteiger partial charge in [-0.2, -0.15) is 0 Å². The van der Waals surface area contributed by atoms with Crippen molar-refractivity contribution in [1.82, 2.24) is 9.88 Å². The van der Waals surface area contributed by atoms with E-state index in [9.17, 15) is 9.59 Å². The minimum atomic E-state index is -0.946. The fourth-order valence-electron chi connectivity index (χ4n) is 1.09. The maximum atomic E-state index is 11.4. The zero-order valence-electron chi connectivity index (χ0n) is 9.50. The van der Waals surface area contributed by atoms with Crippen LogP contribution in [0.2, 0.25) is 0 Å². The lowest BCUT2D eigenvalue weighted by Crippen LogP contribution is -2.29. The van der Waals surface area contributed by atoms with Crippen LogP contribution >= 0.6 is 0 Å². The van der Waals surface area contributed by atoms with Gasteiger partial charge >= 0.3 is 12.1 Å². The monoisotopic (exact) mass is 238 g/mol. The fraction of sp³-hybridized carbons (Fsp3) is 0.364. The van der Waals surface area contributed by atoms with Crippen LogP contribution in [0.3, 0.4) is 0 Å². The number of nitrogens with zero attached hydrogens (tertiary/aromatic N) is 2. The van der Waals surface area contributed by atoms with Crippen LogP contribution in [0.1, 0.15) is 12.0 Å². The number of carboxylic acids is 1. The van der Waals surface area contributed by atoms with Crippen molar-refractivity contribution in [2.45, 2.75) is 13.0 Å². The lowest BCUT2D eigenvalue weighted by Gasteiger charge is -2.15. The second kappa shape index (κ2) is 6.47. The number of carbonyl (C=O) groups excluding carboxylic acids is 1. The summed E-state index contributed by atoms with van der Waals surface area (Å²) in [5.74, 6) is -0.946. The van der Waals surface area contributed by atoms with E-state index in [2.05, 4.69) is 4.98 Å². The van der Waals surface area contributed by atoms with Gasteiger partial charge in [-0.3, -0.25) is 9.78 Å². The molecule has 0 aliphatic carbocycles. The number of aliphatic carboxylic acids is 1. The first kappa shape index (κ1) is 13.0. The molecule has 0 saturated carbocycles. The predicted octanol–water partition coefficient (Wildman–Crippen LogP) is 1.12. The molecule has 6 nitrogen and oxygen atoms in total. The number of hydrogen-bond donors (Lipinski definition) is 1. The average Bonchev–Trinajstić information content (AvgIpc) is 2.34. The van der Waals surface area contributed by atoms with Gasteiger partial charge in [-0.15, -0.1) is 0 Å². The molecule has 1 aromatic heterocycles. The lowest BCUT2D eigenvalue weighted by molar-refractivity contribution is -0.137. The molecule has 0 aliphatic rings. The SMILES string of the molecule is CN(CCC(=O)O)C(=O)OCc1ccncc1. The number of carboxylic acid groups (broad SMARTS) is 1. The standard InChI is InChI=1S/C11H14N2O4/c1-13(7-4-10(14)15)11(16)17-8-9-2-5-12-6-3-9/h2-3,5-6H,4,7-8H2,1H3,(H,14,15). The van der Waals surface area contributed by atoms with Crippen molar-refractivity contribution in [3.8, 4) is 0 Å². The summed E-state index contributed by atoms with van der Waals surface area (Å²) in [5.41, 5.74) is 0.833. The van der Waals surface area contributed by atoms with E-state index in [0.29, 0.717) is 0 Å². The van der Waals surface area contributed by atoms with Crippen LogP contribution in [-0.2, 0) is 16.1 Å². The van der Waals surface area contributed by atoms with Gasteiger partial charge in [0.15, 0.2) is 0 Å². The molecule has 6 heteroatoms. The number of rotatable bonds is 5. The van der Waals surface area contributed by atoms with Gasteiger partial charge in [0.1, 0.15) is 6.61 Å². The maximum Gasteiger partial charge on any atom is 0.409 e. The number of amides is 1.